The van der Waals surface area contributed by atoms with E-state index in [1.807, 2.05) is 42.8 Å². The standard InChI is InChI=1S/C22H29N5O4/c1-15(2)24-21(29)26-10-7-22(8-11-26)20-23-9-12-27(20)14-18(31-22)19(28)25-16-5-4-6-17(13-16)30-3/h4-6,9,12-13,15,18H,7-8,10-11,14H2,1-3H3,(H,24,29)(H,25,28)/t18-/m1/s1. The summed E-state index contributed by atoms with van der Waals surface area (Å²) in [5.41, 5.74) is -0.0363. The van der Waals surface area contributed by atoms with Gasteiger partial charge in [-0.15, -0.1) is 0 Å². The number of anilines is 1. The van der Waals surface area contributed by atoms with E-state index in [1.54, 1.807) is 24.3 Å². The number of fused-ring (bicyclic) bond motifs is 2. The number of urea groups is 1. The maximum absolute atomic E-state index is 13.0. The molecule has 1 aromatic carbocycles. The summed E-state index contributed by atoms with van der Waals surface area (Å²) < 4.78 is 13.6. The fourth-order valence-corrected chi connectivity index (χ4v) is 4.21. The molecule has 3 heterocycles. The van der Waals surface area contributed by atoms with Crippen LogP contribution >= 0.6 is 0 Å². The molecule has 4 rings (SSSR count). The Kier molecular flexibility index (Phi) is 5.86. The lowest BCUT2D eigenvalue weighted by atomic mass is 9.88. The number of methoxy groups -OCH3 is 1. The van der Waals surface area contributed by atoms with E-state index in [4.69, 9.17) is 9.47 Å². The van der Waals surface area contributed by atoms with Gasteiger partial charge in [-0.1, -0.05) is 6.07 Å². The van der Waals surface area contributed by atoms with Gasteiger partial charge in [-0.25, -0.2) is 9.78 Å². The number of carbonyl (C=O) groups excluding carboxylic acids is 2. The van der Waals surface area contributed by atoms with Crippen molar-refractivity contribution in [1.82, 2.24) is 19.8 Å². The molecule has 31 heavy (non-hydrogen) atoms. The first-order chi connectivity index (χ1) is 14.9. The van der Waals surface area contributed by atoms with Crippen molar-refractivity contribution >= 4 is 17.6 Å². The highest BCUT2D eigenvalue weighted by molar-refractivity contribution is 5.94. The van der Waals surface area contributed by atoms with Crippen molar-refractivity contribution in [1.29, 1.82) is 0 Å². The molecule has 0 bridgehead atoms. The first kappa shape index (κ1) is 21.2. The second-order valence-electron chi connectivity index (χ2n) is 8.32. The molecule has 0 radical (unpaired) electrons. The van der Waals surface area contributed by atoms with Gasteiger partial charge < -0.3 is 29.6 Å². The van der Waals surface area contributed by atoms with Crippen molar-refractivity contribution in [3.05, 3.63) is 42.5 Å². The van der Waals surface area contributed by atoms with Crippen LogP contribution in [0, 0.1) is 0 Å². The van der Waals surface area contributed by atoms with Crippen LogP contribution in [0.4, 0.5) is 10.5 Å². The average Bonchev–Trinajstić information content (AvgIpc) is 3.23. The van der Waals surface area contributed by atoms with E-state index < -0.39 is 11.7 Å². The summed E-state index contributed by atoms with van der Waals surface area (Å²) in [6.45, 7) is 5.35. The molecule has 3 amide bonds. The fraction of sp³-hybridized carbons (Fsp3) is 0.500. The number of aromatic nitrogens is 2. The largest absolute Gasteiger partial charge is 0.497 e. The smallest absolute Gasteiger partial charge is 0.317 e. The third kappa shape index (κ3) is 4.36. The second-order valence-corrected chi connectivity index (χ2v) is 8.32. The maximum atomic E-state index is 13.0. The zero-order valence-corrected chi connectivity index (χ0v) is 18.1. The molecule has 2 N–H and O–H groups in total. The molecule has 0 unspecified atom stereocenters. The molecule has 0 saturated carbocycles. The molecule has 1 fully saturated rings. The number of piperidine rings is 1. The van der Waals surface area contributed by atoms with Crippen LogP contribution in [0.5, 0.6) is 5.75 Å². The monoisotopic (exact) mass is 427 g/mol. The number of hydrogen-bond donors (Lipinski definition) is 2. The molecule has 1 saturated heterocycles. The third-order valence-electron chi connectivity index (χ3n) is 5.75. The lowest BCUT2D eigenvalue weighted by Crippen LogP contribution is -2.55. The zero-order chi connectivity index (χ0) is 22.0. The third-order valence-corrected chi connectivity index (χ3v) is 5.75. The van der Waals surface area contributed by atoms with E-state index in [-0.39, 0.29) is 18.0 Å². The Hall–Kier alpha value is -3.07. The Balaban J connectivity index is 1.48. The van der Waals surface area contributed by atoms with Crippen LogP contribution in [0.2, 0.25) is 0 Å². The predicted octanol–water partition coefficient (Wildman–Crippen LogP) is 2.34. The number of hydrogen-bond acceptors (Lipinski definition) is 5. The molecule has 9 nitrogen and oxygen atoms in total. The Morgan fingerprint density at radius 2 is 2.06 bits per heavy atom. The zero-order valence-electron chi connectivity index (χ0n) is 18.1. The van der Waals surface area contributed by atoms with Crippen molar-refractivity contribution in [2.45, 2.75) is 51.0 Å². The van der Waals surface area contributed by atoms with Gasteiger partial charge in [0.1, 0.15) is 17.2 Å². The van der Waals surface area contributed by atoms with Gasteiger partial charge in [0.2, 0.25) is 0 Å². The Morgan fingerprint density at radius 3 is 2.77 bits per heavy atom. The number of nitrogens with zero attached hydrogens (tertiary/aromatic N) is 3. The molecule has 2 aliphatic heterocycles. The number of carbonyl (C=O) groups is 2. The van der Waals surface area contributed by atoms with Crippen molar-refractivity contribution < 1.29 is 19.1 Å². The highest BCUT2D eigenvalue weighted by Gasteiger charge is 2.47. The highest BCUT2D eigenvalue weighted by Crippen LogP contribution is 2.40. The van der Waals surface area contributed by atoms with Crippen LogP contribution in [-0.2, 0) is 21.7 Å². The van der Waals surface area contributed by atoms with Gasteiger partial charge in [0.15, 0.2) is 6.10 Å². The number of ether oxygens (including phenoxy) is 2. The van der Waals surface area contributed by atoms with Gasteiger partial charge in [0.25, 0.3) is 5.91 Å². The van der Waals surface area contributed by atoms with E-state index in [2.05, 4.69) is 15.6 Å². The van der Waals surface area contributed by atoms with Crippen LogP contribution < -0.4 is 15.4 Å². The summed E-state index contributed by atoms with van der Waals surface area (Å²) in [7, 11) is 1.59. The van der Waals surface area contributed by atoms with Crippen molar-refractivity contribution in [2.24, 2.45) is 0 Å². The van der Waals surface area contributed by atoms with E-state index in [9.17, 15) is 9.59 Å². The molecule has 1 aromatic heterocycles. The molecular formula is C22H29N5O4. The number of rotatable bonds is 4. The predicted molar refractivity (Wildman–Crippen MR) is 115 cm³/mol. The number of imidazole rings is 1. The minimum atomic E-state index is -0.688. The summed E-state index contributed by atoms with van der Waals surface area (Å²) in [6, 6.07) is 7.24. The summed E-state index contributed by atoms with van der Waals surface area (Å²) in [5, 5.41) is 5.86. The van der Waals surface area contributed by atoms with E-state index in [0.717, 1.165) is 5.82 Å². The van der Waals surface area contributed by atoms with Crippen molar-refractivity contribution in [3.63, 3.8) is 0 Å². The number of nitrogens with one attached hydrogen (secondary N) is 2. The molecule has 9 heteroatoms. The molecule has 1 atom stereocenters. The van der Waals surface area contributed by atoms with Crippen LogP contribution in [0.3, 0.4) is 0 Å². The molecular weight excluding hydrogens is 398 g/mol. The average molecular weight is 428 g/mol. The molecule has 2 aliphatic rings. The van der Waals surface area contributed by atoms with E-state index in [1.165, 1.54) is 0 Å². The summed E-state index contributed by atoms with van der Waals surface area (Å²) in [4.78, 5) is 31.7. The molecule has 2 aromatic rings. The van der Waals surface area contributed by atoms with E-state index in [0.29, 0.717) is 43.9 Å². The van der Waals surface area contributed by atoms with Gasteiger partial charge in [-0.2, -0.15) is 0 Å². The van der Waals surface area contributed by atoms with Gasteiger partial charge in [0, 0.05) is 56.1 Å². The van der Waals surface area contributed by atoms with Crippen LogP contribution in [0.25, 0.3) is 0 Å². The maximum Gasteiger partial charge on any atom is 0.317 e. The van der Waals surface area contributed by atoms with Gasteiger partial charge in [-0.3, -0.25) is 4.79 Å². The van der Waals surface area contributed by atoms with Crippen LogP contribution in [0.1, 0.15) is 32.5 Å². The summed E-state index contributed by atoms with van der Waals surface area (Å²) in [6.07, 6.45) is 4.12. The first-order valence-electron chi connectivity index (χ1n) is 10.6. The molecule has 1 spiro atoms. The first-order valence-corrected chi connectivity index (χ1v) is 10.6. The topological polar surface area (TPSA) is 97.7 Å². The normalized spacial score (nSPS) is 19.7. The molecule has 166 valence electrons. The Morgan fingerprint density at radius 1 is 1.29 bits per heavy atom. The quantitative estimate of drug-likeness (QED) is 0.781. The van der Waals surface area contributed by atoms with Gasteiger partial charge >= 0.3 is 6.03 Å². The Labute approximate surface area is 181 Å². The Bertz CT molecular complexity index is 949. The van der Waals surface area contributed by atoms with Crippen molar-refractivity contribution in [2.75, 3.05) is 25.5 Å². The highest BCUT2D eigenvalue weighted by atomic mass is 16.5. The minimum Gasteiger partial charge on any atom is -0.497 e. The lowest BCUT2D eigenvalue weighted by Gasteiger charge is -2.45. The number of likely N-dealkylation sites (tertiary alicyclic amines) is 1. The summed E-state index contributed by atoms with van der Waals surface area (Å²) in [5.74, 6) is 1.27. The van der Waals surface area contributed by atoms with Crippen LogP contribution in [-0.4, -0.2) is 58.7 Å². The van der Waals surface area contributed by atoms with Gasteiger partial charge in [-0.05, 0) is 26.0 Å². The van der Waals surface area contributed by atoms with E-state index >= 15 is 0 Å². The SMILES string of the molecule is COc1cccc(NC(=O)[C@H]2Cn3ccnc3C3(CCN(C(=O)NC(C)C)CC3)O2)c1. The van der Waals surface area contributed by atoms with Crippen LogP contribution in [0.15, 0.2) is 36.7 Å². The van der Waals surface area contributed by atoms with Crippen molar-refractivity contribution in [3.8, 4) is 5.75 Å². The minimum absolute atomic E-state index is 0.0729. The summed E-state index contributed by atoms with van der Waals surface area (Å²) >= 11 is 0. The number of amides is 3. The molecule has 0 aliphatic carbocycles. The fourth-order valence-electron chi connectivity index (χ4n) is 4.21. The lowest BCUT2D eigenvalue weighted by molar-refractivity contribution is -0.167. The van der Waals surface area contributed by atoms with Gasteiger partial charge in [0.05, 0.1) is 13.7 Å². The number of benzene rings is 1. The second kappa shape index (κ2) is 8.58.